The van der Waals surface area contributed by atoms with Crippen LogP contribution in [0.25, 0.3) is 38.5 Å². The van der Waals surface area contributed by atoms with Gasteiger partial charge in [-0.05, 0) is 36.4 Å². The minimum absolute atomic E-state index is 0.179. The smallest absolute Gasteiger partial charge is 0.293 e. The minimum Gasteiger partial charge on any atom is -0.459 e. The summed E-state index contributed by atoms with van der Waals surface area (Å²) >= 11 is 1.25. The van der Waals surface area contributed by atoms with Gasteiger partial charge >= 0.3 is 0 Å². The zero-order valence-corrected chi connectivity index (χ0v) is 19.6. The van der Waals surface area contributed by atoms with Crippen LogP contribution < -0.4 is 10.9 Å². The number of rotatable bonds is 5. The van der Waals surface area contributed by atoms with Crippen LogP contribution in [-0.2, 0) is 0 Å². The molecule has 1 amide bonds. The number of furan rings is 1. The zero-order valence-electron chi connectivity index (χ0n) is 18.8. The molecule has 0 unspecified atom stereocenters. The third kappa shape index (κ3) is 3.89. The molecule has 0 saturated heterocycles. The highest BCUT2D eigenvalue weighted by Crippen LogP contribution is 2.39. The highest BCUT2D eigenvalue weighted by Gasteiger charge is 2.23. The Hall–Kier alpha value is -4.82. The number of thiazole rings is 1. The number of hydrogen-bond acceptors (Lipinski definition) is 6. The average molecular weight is 491 g/mol. The minimum atomic E-state index is -0.410. The van der Waals surface area contributed by atoms with Crippen molar-refractivity contribution in [1.29, 1.82) is 0 Å². The van der Waals surface area contributed by atoms with Crippen molar-refractivity contribution in [3.05, 3.63) is 119 Å². The van der Waals surface area contributed by atoms with Crippen LogP contribution in [-0.4, -0.2) is 20.4 Å². The number of hydrogen-bond donors (Lipinski definition) is 1. The largest absolute Gasteiger partial charge is 0.459 e. The average Bonchev–Trinajstić information content (AvgIpc) is 3.61. The molecular weight excluding hydrogens is 472 g/mol. The third-order valence-corrected chi connectivity index (χ3v) is 6.60. The molecule has 0 aliphatic carbocycles. The molecule has 174 valence electrons. The first-order chi connectivity index (χ1) is 17.7. The second-order valence-electron chi connectivity index (χ2n) is 7.92. The van der Waals surface area contributed by atoms with Gasteiger partial charge in [0, 0.05) is 5.56 Å². The Morgan fingerprint density at radius 2 is 1.56 bits per heavy atom. The molecule has 6 aromatic rings. The topological polar surface area (TPSA) is 90.0 Å². The summed E-state index contributed by atoms with van der Waals surface area (Å²) in [6.07, 6.45) is 1.44. The van der Waals surface area contributed by atoms with Gasteiger partial charge in [-0.15, -0.1) is 0 Å². The van der Waals surface area contributed by atoms with E-state index in [4.69, 9.17) is 14.4 Å². The second-order valence-corrected chi connectivity index (χ2v) is 8.92. The molecule has 36 heavy (non-hydrogen) atoms. The summed E-state index contributed by atoms with van der Waals surface area (Å²) < 4.78 is 6.82. The van der Waals surface area contributed by atoms with Gasteiger partial charge in [0.1, 0.15) is 4.88 Å². The molecule has 3 heterocycles. The maximum absolute atomic E-state index is 13.7. The number of carbonyl (C=O) groups excluding carboxylic acids is 1. The van der Waals surface area contributed by atoms with Crippen LogP contribution in [0.15, 0.2) is 113 Å². The molecular formula is C28H18N4O3S. The summed E-state index contributed by atoms with van der Waals surface area (Å²) in [5.41, 5.74) is 2.53. The molecule has 0 aliphatic heterocycles. The van der Waals surface area contributed by atoms with Crippen molar-refractivity contribution in [3.8, 4) is 27.6 Å². The Bertz CT molecular complexity index is 1740. The van der Waals surface area contributed by atoms with Gasteiger partial charge in [0.05, 0.1) is 28.5 Å². The van der Waals surface area contributed by atoms with Crippen LogP contribution in [0, 0.1) is 0 Å². The molecule has 0 aliphatic rings. The van der Waals surface area contributed by atoms with Crippen molar-refractivity contribution < 1.29 is 9.21 Å². The van der Waals surface area contributed by atoms with Gasteiger partial charge < -0.3 is 4.42 Å². The van der Waals surface area contributed by atoms with E-state index in [1.54, 1.807) is 22.8 Å². The maximum atomic E-state index is 13.7. The summed E-state index contributed by atoms with van der Waals surface area (Å²) in [5, 5.41) is 3.70. The predicted molar refractivity (Wildman–Crippen MR) is 141 cm³/mol. The molecule has 8 heteroatoms. The van der Waals surface area contributed by atoms with Crippen molar-refractivity contribution in [1.82, 2.24) is 14.5 Å². The molecule has 3 aromatic heterocycles. The van der Waals surface area contributed by atoms with Gasteiger partial charge in [-0.2, -0.15) is 0 Å². The fraction of sp³-hybridized carbons (Fsp3) is 0. The highest BCUT2D eigenvalue weighted by molar-refractivity contribution is 7.19. The number of amides is 1. The number of aromatic nitrogens is 3. The van der Waals surface area contributed by atoms with Gasteiger partial charge in [-0.1, -0.05) is 72.0 Å². The van der Waals surface area contributed by atoms with Gasteiger partial charge in [0.15, 0.2) is 16.7 Å². The predicted octanol–water partition coefficient (Wildman–Crippen LogP) is 6.02. The number of fused-ring (bicyclic) bond motifs is 1. The van der Waals surface area contributed by atoms with E-state index >= 15 is 0 Å². The second kappa shape index (κ2) is 9.09. The van der Waals surface area contributed by atoms with Crippen LogP contribution in [0.2, 0.25) is 0 Å². The van der Waals surface area contributed by atoms with Crippen LogP contribution in [0.3, 0.4) is 0 Å². The fourth-order valence-electron chi connectivity index (χ4n) is 3.98. The number of nitrogens with zero attached hydrogens (tertiary/aromatic N) is 3. The van der Waals surface area contributed by atoms with Gasteiger partial charge in [0.2, 0.25) is 0 Å². The monoisotopic (exact) mass is 490 g/mol. The summed E-state index contributed by atoms with van der Waals surface area (Å²) in [6.45, 7) is 0. The summed E-state index contributed by atoms with van der Waals surface area (Å²) in [6, 6.07) is 29.5. The standard InChI is InChI=1S/C28H18N4O3S/c33-26(22-16-9-17-35-22)31-28-30-23(18-10-3-1-4-11-18)24(36-28)25-29-21-15-8-7-14-20(21)27(34)32(25)19-12-5-2-6-13-19/h1-17H,(H,30,31,33). The maximum Gasteiger partial charge on any atom is 0.293 e. The van der Waals surface area contributed by atoms with Crippen LogP contribution in [0.1, 0.15) is 10.6 Å². The number of para-hydroxylation sites is 2. The molecule has 1 N–H and O–H groups in total. The first-order valence-corrected chi connectivity index (χ1v) is 12.0. The van der Waals surface area contributed by atoms with Crippen molar-refractivity contribution in [2.45, 2.75) is 0 Å². The number of benzene rings is 3. The number of nitrogens with one attached hydrogen (secondary N) is 1. The van der Waals surface area contributed by atoms with Crippen molar-refractivity contribution in [3.63, 3.8) is 0 Å². The van der Waals surface area contributed by atoms with E-state index in [2.05, 4.69) is 5.32 Å². The van der Waals surface area contributed by atoms with Crippen molar-refractivity contribution >= 4 is 33.3 Å². The van der Waals surface area contributed by atoms with E-state index in [1.165, 1.54) is 17.6 Å². The zero-order chi connectivity index (χ0) is 24.5. The van der Waals surface area contributed by atoms with E-state index in [1.807, 2.05) is 78.9 Å². The molecule has 0 radical (unpaired) electrons. The van der Waals surface area contributed by atoms with Crippen molar-refractivity contribution in [2.24, 2.45) is 0 Å². The third-order valence-electron chi connectivity index (χ3n) is 5.63. The van der Waals surface area contributed by atoms with E-state index in [0.29, 0.717) is 38.1 Å². The lowest BCUT2D eigenvalue weighted by atomic mass is 10.1. The Balaban J connectivity index is 1.61. The Kier molecular flexibility index (Phi) is 5.48. The number of anilines is 1. The van der Waals surface area contributed by atoms with Crippen LogP contribution >= 0.6 is 11.3 Å². The lowest BCUT2D eigenvalue weighted by Gasteiger charge is -2.13. The SMILES string of the molecule is O=C(Nc1nc(-c2ccccc2)c(-c2nc3ccccc3c(=O)n2-c2ccccc2)s1)c1ccco1. The highest BCUT2D eigenvalue weighted by atomic mass is 32.1. The Labute approximate surface area is 209 Å². The first kappa shape index (κ1) is 21.7. The van der Waals surface area contributed by atoms with Gasteiger partial charge in [0.25, 0.3) is 11.5 Å². The molecule has 6 rings (SSSR count). The molecule has 0 fully saturated rings. The number of carbonyl (C=O) groups is 1. The van der Waals surface area contributed by atoms with E-state index in [9.17, 15) is 9.59 Å². The lowest BCUT2D eigenvalue weighted by molar-refractivity contribution is 0.0996. The summed E-state index contributed by atoms with van der Waals surface area (Å²) in [5.74, 6) is 0.213. The molecule has 0 saturated carbocycles. The summed E-state index contributed by atoms with van der Waals surface area (Å²) in [7, 11) is 0. The Morgan fingerprint density at radius 3 is 2.31 bits per heavy atom. The lowest BCUT2D eigenvalue weighted by Crippen LogP contribution is -2.21. The van der Waals surface area contributed by atoms with Crippen LogP contribution in [0.5, 0.6) is 0 Å². The van der Waals surface area contributed by atoms with Gasteiger partial charge in [-0.3, -0.25) is 19.5 Å². The molecule has 7 nitrogen and oxygen atoms in total. The van der Waals surface area contributed by atoms with Crippen LogP contribution in [0.4, 0.5) is 5.13 Å². The van der Waals surface area contributed by atoms with Gasteiger partial charge in [-0.25, -0.2) is 9.97 Å². The Morgan fingerprint density at radius 1 is 0.833 bits per heavy atom. The fourth-order valence-corrected chi connectivity index (χ4v) is 4.95. The van der Waals surface area contributed by atoms with E-state index in [0.717, 1.165) is 5.56 Å². The molecule has 0 atom stereocenters. The van der Waals surface area contributed by atoms with E-state index < -0.39 is 5.91 Å². The first-order valence-electron chi connectivity index (χ1n) is 11.2. The van der Waals surface area contributed by atoms with E-state index in [-0.39, 0.29) is 11.3 Å². The normalized spacial score (nSPS) is 11.0. The molecule has 0 bridgehead atoms. The van der Waals surface area contributed by atoms with Crippen molar-refractivity contribution in [2.75, 3.05) is 5.32 Å². The molecule has 3 aromatic carbocycles. The molecule has 0 spiro atoms. The quantitative estimate of drug-likeness (QED) is 0.319. The summed E-state index contributed by atoms with van der Waals surface area (Å²) in [4.78, 5) is 36.7.